The number of thioether (sulfide) groups is 2. The molecule has 1 spiro atoms. The predicted octanol–water partition coefficient (Wildman–Crippen LogP) is 4.50. The van der Waals surface area contributed by atoms with Crippen molar-refractivity contribution in [1.29, 1.82) is 0 Å². The second kappa shape index (κ2) is 6.76. The van der Waals surface area contributed by atoms with Gasteiger partial charge in [-0.05, 0) is 24.3 Å². The van der Waals surface area contributed by atoms with Crippen molar-refractivity contribution in [3.05, 3.63) is 70.5 Å². The fourth-order valence-corrected chi connectivity index (χ4v) is 5.09. The molecule has 24 heavy (non-hydrogen) atoms. The average Bonchev–Trinajstić information content (AvgIpc) is 3.17. The Morgan fingerprint density at radius 1 is 0.792 bits per heavy atom. The zero-order valence-electron chi connectivity index (χ0n) is 12.9. The van der Waals surface area contributed by atoms with E-state index >= 15 is 0 Å². The summed E-state index contributed by atoms with van der Waals surface area (Å²) < 4.78 is 11.8. The van der Waals surface area contributed by atoms with Crippen LogP contribution in [0.4, 0.5) is 0 Å². The van der Waals surface area contributed by atoms with Gasteiger partial charge in [0.1, 0.15) is 0 Å². The standard InChI is InChI=1S/C19H16O3S2/c20-16-13-19(21-11-12-22-19)18(24-15-9-5-2-6-10-15)17(16)23-14-7-3-1-4-8-14/h1-10H,11-13H2. The second-order valence-corrected chi connectivity index (χ2v) is 7.71. The van der Waals surface area contributed by atoms with Crippen molar-refractivity contribution in [1.82, 2.24) is 0 Å². The van der Waals surface area contributed by atoms with E-state index in [0.29, 0.717) is 13.2 Å². The minimum absolute atomic E-state index is 0.0872. The Morgan fingerprint density at radius 3 is 1.92 bits per heavy atom. The fourth-order valence-electron chi connectivity index (χ4n) is 2.80. The van der Waals surface area contributed by atoms with Gasteiger partial charge in [-0.3, -0.25) is 4.79 Å². The van der Waals surface area contributed by atoms with Crippen LogP contribution >= 0.6 is 23.5 Å². The van der Waals surface area contributed by atoms with Gasteiger partial charge in [0.25, 0.3) is 0 Å². The molecule has 122 valence electrons. The molecule has 0 radical (unpaired) electrons. The molecule has 2 aromatic rings. The highest BCUT2D eigenvalue weighted by molar-refractivity contribution is 8.07. The van der Waals surface area contributed by atoms with Gasteiger partial charge in [0.15, 0.2) is 5.78 Å². The molecule has 4 rings (SSSR count). The molecule has 1 fully saturated rings. The number of Topliss-reactive ketones (excluding diaryl/α,β-unsaturated/α-hetero) is 1. The normalized spacial score (nSPS) is 19.4. The number of hydrogen-bond acceptors (Lipinski definition) is 5. The van der Waals surface area contributed by atoms with Crippen molar-refractivity contribution in [3.8, 4) is 0 Å². The van der Waals surface area contributed by atoms with Crippen LogP contribution < -0.4 is 0 Å². The van der Waals surface area contributed by atoms with Gasteiger partial charge < -0.3 is 9.47 Å². The first-order valence-electron chi connectivity index (χ1n) is 7.78. The van der Waals surface area contributed by atoms with E-state index < -0.39 is 5.79 Å². The lowest BCUT2D eigenvalue weighted by molar-refractivity contribution is -0.136. The van der Waals surface area contributed by atoms with Crippen LogP contribution in [0.3, 0.4) is 0 Å². The number of carbonyl (C=O) groups excluding carboxylic acids is 1. The summed E-state index contributed by atoms with van der Waals surface area (Å²) in [5.41, 5.74) is 0. The minimum atomic E-state index is -0.894. The quantitative estimate of drug-likeness (QED) is 0.806. The summed E-state index contributed by atoms with van der Waals surface area (Å²) >= 11 is 3.06. The van der Waals surface area contributed by atoms with Gasteiger partial charge in [-0.25, -0.2) is 0 Å². The van der Waals surface area contributed by atoms with E-state index in [0.717, 1.165) is 19.6 Å². The van der Waals surface area contributed by atoms with Gasteiger partial charge in [0.2, 0.25) is 5.79 Å². The van der Waals surface area contributed by atoms with Gasteiger partial charge in [-0.1, -0.05) is 59.9 Å². The Hall–Kier alpha value is -1.53. The van der Waals surface area contributed by atoms with Gasteiger partial charge in [-0.2, -0.15) is 0 Å². The van der Waals surface area contributed by atoms with Crippen LogP contribution in [0.1, 0.15) is 6.42 Å². The number of hydrogen-bond donors (Lipinski definition) is 0. The third-order valence-electron chi connectivity index (χ3n) is 3.88. The zero-order valence-corrected chi connectivity index (χ0v) is 14.6. The van der Waals surface area contributed by atoms with Crippen molar-refractivity contribution < 1.29 is 14.3 Å². The van der Waals surface area contributed by atoms with Crippen molar-refractivity contribution in [3.63, 3.8) is 0 Å². The number of benzene rings is 2. The molecular formula is C19H16O3S2. The lowest BCUT2D eigenvalue weighted by atomic mass is 10.2. The second-order valence-electron chi connectivity index (χ2n) is 5.54. The Kier molecular flexibility index (Phi) is 4.50. The first kappa shape index (κ1) is 16.0. The SMILES string of the molecule is O=C1CC2(OCCO2)C(Sc2ccccc2)=C1Sc1ccccc1. The van der Waals surface area contributed by atoms with E-state index in [1.807, 2.05) is 60.7 Å². The molecule has 0 unspecified atom stereocenters. The number of carbonyl (C=O) groups is 1. The molecule has 2 aliphatic rings. The van der Waals surface area contributed by atoms with Crippen LogP contribution in [0.5, 0.6) is 0 Å². The first-order valence-corrected chi connectivity index (χ1v) is 9.42. The highest BCUT2D eigenvalue weighted by Gasteiger charge is 2.51. The smallest absolute Gasteiger partial charge is 0.210 e. The number of ketones is 1. The predicted molar refractivity (Wildman–Crippen MR) is 95.9 cm³/mol. The lowest BCUT2D eigenvalue weighted by Crippen LogP contribution is -2.29. The van der Waals surface area contributed by atoms with Crippen molar-refractivity contribution in [2.24, 2.45) is 0 Å². The molecule has 1 aliphatic heterocycles. The maximum atomic E-state index is 12.7. The largest absolute Gasteiger partial charge is 0.343 e. The van der Waals surface area contributed by atoms with Crippen LogP contribution in [-0.4, -0.2) is 24.8 Å². The fraction of sp³-hybridized carbons (Fsp3) is 0.211. The summed E-state index contributed by atoms with van der Waals surface area (Å²) in [5.74, 6) is -0.807. The molecule has 0 saturated carbocycles. The molecule has 5 heteroatoms. The number of allylic oxidation sites excluding steroid dienone is 1. The van der Waals surface area contributed by atoms with Gasteiger partial charge in [-0.15, -0.1) is 0 Å². The van der Waals surface area contributed by atoms with E-state index in [4.69, 9.17) is 9.47 Å². The van der Waals surface area contributed by atoms with Gasteiger partial charge in [0, 0.05) is 9.79 Å². The minimum Gasteiger partial charge on any atom is -0.343 e. The molecule has 1 aliphatic carbocycles. The molecule has 2 aromatic carbocycles. The highest BCUT2D eigenvalue weighted by Crippen LogP contribution is 2.52. The monoisotopic (exact) mass is 356 g/mol. The van der Waals surface area contributed by atoms with Crippen molar-refractivity contribution >= 4 is 29.3 Å². The Labute approximate surface area is 149 Å². The van der Waals surface area contributed by atoms with Crippen LogP contribution in [0.15, 0.2) is 80.3 Å². The van der Waals surface area contributed by atoms with Gasteiger partial charge >= 0.3 is 0 Å². The number of ether oxygens (including phenoxy) is 2. The third kappa shape index (κ3) is 3.05. The summed E-state index contributed by atoms with van der Waals surface area (Å²) in [6.45, 7) is 1.05. The summed E-state index contributed by atoms with van der Waals surface area (Å²) in [4.78, 5) is 16.4. The molecule has 1 heterocycles. The lowest BCUT2D eigenvalue weighted by Gasteiger charge is -2.24. The highest BCUT2D eigenvalue weighted by atomic mass is 32.2. The third-order valence-corrected chi connectivity index (χ3v) is 6.38. The maximum absolute atomic E-state index is 12.7. The van der Waals surface area contributed by atoms with E-state index in [1.54, 1.807) is 11.8 Å². The molecular weight excluding hydrogens is 340 g/mol. The summed E-state index contributed by atoms with van der Waals surface area (Å²) in [6.07, 6.45) is 0.261. The molecule has 0 bridgehead atoms. The van der Waals surface area contributed by atoms with Crippen LogP contribution in [0.25, 0.3) is 0 Å². The van der Waals surface area contributed by atoms with Gasteiger partial charge in [0.05, 0.1) is 29.4 Å². The first-order chi connectivity index (χ1) is 11.8. The molecule has 3 nitrogen and oxygen atoms in total. The Balaban J connectivity index is 1.73. The zero-order chi connectivity index (χ0) is 16.4. The number of rotatable bonds is 4. The Morgan fingerprint density at radius 2 is 1.33 bits per heavy atom. The van der Waals surface area contributed by atoms with E-state index in [-0.39, 0.29) is 12.2 Å². The van der Waals surface area contributed by atoms with Crippen LogP contribution in [0.2, 0.25) is 0 Å². The molecule has 0 aromatic heterocycles. The van der Waals surface area contributed by atoms with E-state index in [2.05, 4.69) is 0 Å². The van der Waals surface area contributed by atoms with Crippen molar-refractivity contribution in [2.75, 3.05) is 13.2 Å². The summed E-state index contributed by atoms with van der Waals surface area (Å²) in [7, 11) is 0. The summed E-state index contributed by atoms with van der Waals surface area (Å²) in [5, 5.41) is 0. The van der Waals surface area contributed by atoms with E-state index in [9.17, 15) is 4.79 Å². The average molecular weight is 356 g/mol. The molecule has 0 atom stereocenters. The topological polar surface area (TPSA) is 35.5 Å². The summed E-state index contributed by atoms with van der Waals surface area (Å²) in [6, 6.07) is 20.0. The van der Waals surface area contributed by atoms with Crippen molar-refractivity contribution in [2.45, 2.75) is 22.0 Å². The molecule has 0 N–H and O–H groups in total. The molecule has 1 saturated heterocycles. The van der Waals surface area contributed by atoms with Crippen LogP contribution in [-0.2, 0) is 14.3 Å². The maximum Gasteiger partial charge on any atom is 0.210 e. The Bertz CT molecular complexity index is 766. The molecule has 0 amide bonds. The van der Waals surface area contributed by atoms with Crippen LogP contribution in [0, 0.1) is 0 Å². The van der Waals surface area contributed by atoms with E-state index in [1.165, 1.54) is 11.8 Å².